The number of hydrogen-bond acceptors (Lipinski definition) is 3. The molecule has 2 aromatic carbocycles. The Morgan fingerprint density at radius 1 is 1.04 bits per heavy atom. The zero-order valence-corrected chi connectivity index (χ0v) is 13.2. The summed E-state index contributed by atoms with van der Waals surface area (Å²) >= 11 is 0. The molecule has 1 fully saturated rings. The van der Waals surface area contributed by atoms with Gasteiger partial charge in [-0.05, 0) is 42.3 Å². The van der Waals surface area contributed by atoms with Crippen molar-refractivity contribution in [3.63, 3.8) is 0 Å². The minimum Gasteiger partial charge on any atom is -0.508 e. The van der Waals surface area contributed by atoms with Crippen LogP contribution in [0.4, 0.5) is 8.78 Å². The van der Waals surface area contributed by atoms with Gasteiger partial charge in [0.15, 0.2) is 0 Å². The first-order valence-electron chi connectivity index (χ1n) is 8.01. The summed E-state index contributed by atoms with van der Waals surface area (Å²) in [5.74, 6) is -2.66. The van der Waals surface area contributed by atoms with Gasteiger partial charge in [0.2, 0.25) is 5.92 Å². The first-order valence-corrected chi connectivity index (χ1v) is 8.01. The molecule has 1 heterocycles. The Bertz CT molecular complexity index is 786. The molecule has 1 aliphatic heterocycles. The highest BCUT2D eigenvalue weighted by molar-refractivity contribution is 5.51. The summed E-state index contributed by atoms with van der Waals surface area (Å²) in [5, 5.41) is 19.3. The third kappa shape index (κ3) is 2.39. The Labute approximate surface area is 138 Å². The molecular weight excluding hydrogens is 314 g/mol. The fourth-order valence-electron chi connectivity index (χ4n) is 4.11. The summed E-state index contributed by atoms with van der Waals surface area (Å²) in [7, 11) is 0. The first kappa shape index (κ1) is 15.2. The molecule has 2 unspecified atom stereocenters. The largest absolute Gasteiger partial charge is 0.508 e. The summed E-state index contributed by atoms with van der Waals surface area (Å²) in [6.07, 6.45) is -0.956. The van der Waals surface area contributed by atoms with E-state index in [1.54, 1.807) is 43.3 Å². The van der Waals surface area contributed by atoms with Gasteiger partial charge in [0.1, 0.15) is 23.4 Å². The van der Waals surface area contributed by atoms with E-state index in [0.29, 0.717) is 11.3 Å². The molecule has 5 heteroatoms. The van der Waals surface area contributed by atoms with Crippen LogP contribution in [-0.2, 0) is 0 Å². The molecule has 0 amide bonds. The molecule has 1 aliphatic carbocycles. The quantitative estimate of drug-likeness (QED) is 0.798. The lowest BCUT2D eigenvalue weighted by molar-refractivity contribution is -0.00234. The van der Waals surface area contributed by atoms with E-state index in [2.05, 4.69) is 0 Å². The number of aryl methyl sites for hydroxylation is 1. The van der Waals surface area contributed by atoms with Crippen molar-refractivity contribution in [1.82, 2.24) is 0 Å². The minimum atomic E-state index is -2.74. The molecule has 2 N–H and O–H groups in total. The molecule has 2 aliphatic rings. The molecule has 3 atom stereocenters. The second-order valence-electron chi connectivity index (χ2n) is 6.85. The second-order valence-corrected chi connectivity index (χ2v) is 6.85. The lowest BCUT2D eigenvalue weighted by Crippen LogP contribution is -2.27. The molecule has 126 valence electrons. The average Bonchev–Trinajstić information content (AvgIpc) is 2.83. The van der Waals surface area contributed by atoms with E-state index in [9.17, 15) is 19.0 Å². The van der Waals surface area contributed by atoms with Crippen LogP contribution >= 0.6 is 0 Å². The van der Waals surface area contributed by atoms with Crippen LogP contribution in [0.2, 0.25) is 0 Å². The summed E-state index contributed by atoms with van der Waals surface area (Å²) in [6.45, 7) is 1.81. The van der Waals surface area contributed by atoms with Gasteiger partial charge in [-0.15, -0.1) is 0 Å². The molecule has 0 bridgehead atoms. The average molecular weight is 332 g/mol. The number of phenolic OH excluding ortho intramolecular Hbond substituents is 2. The number of aromatic hydroxyl groups is 2. The number of halogens is 2. The predicted molar refractivity (Wildman–Crippen MR) is 84.7 cm³/mol. The summed E-state index contributed by atoms with van der Waals surface area (Å²) in [6, 6.07) is 9.65. The molecule has 0 spiro atoms. The summed E-state index contributed by atoms with van der Waals surface area (Å²) < 4.78 is 34.4. The highest BCUT2D eigenvalue weighted by Gasteiger charge is 2.53. The van der Waals surface area contributed by atoms with Crippen LogP contribution in [0.1, 0.15) is 41.6 Å². The Morgan fingerprint density at radius 2 is 1.75 bits per heavy atom. The number of ether oxygens (including phenoxy) is 1. The SMILES string of the molecule is Cc1cc(O)cc2c1OC(c1ccc(O)cc1)[C@@H]1CC(F)(F)CC21. The van der Waals surface area contributed by atoms with Crippen molar-refractivity contribution in [3.8, 4) is 17.2 Å². The Morgan fingerprint density at radius 3 is 2.46 bits per heavy atom. The van der Waals surface area contributed by atoms with Crippen LogP contribution in [0.25, 0.3) is 0 Å². The van der Waals surface area contributed by atoms with E-state index < -0.39 is 12.0 Å². The molecular formula is C19H18F2O3. The van der Waals surface area contributed by atoms with E-state index in [1.165, 1.54) is 0 Å². The lowest BCUT2D eigenvalue weighted by Gasteiger charge is -2.36. The highest BCUT2D eigenvalue weighted by atomic mass is 19.3. The van der Waals surface area contributed by atoms with Gasteiger partial charge < -0.3 is 14.9 Å². The zero-order chi connectivity index (χ0) is 17.1. The van der Waals surface area contributed by atoms with Crippen LogP contribution < -0.4 is 4.74 Å². The van der Waals surface area contributed by atoms with Gasteiger partial charge in [0, 0.05) is 30.2 Å². The number of alkyl halides is 2. The van der Waals surface area contributed by atoms with E-state index in [4.69, 9.17) is 4.74 Å². The molecule has 1 saturated carbocycles. The van der Waals surface area contributed by atoms with Gasteiger partial charge in [-0.1, -0.05) is 12.1 Å². The van der Waals surface area contributed by atoms with Crippen molar-refractivity contribution in [3.05, 3.63) is 53.1 Å². The Hall–Kier alpha value is -2.30. The molecule has 0 radical (unpaired) electrons. The zero-order valence-electron chi connectivity index (χ0n) is 13.2. The van der Waals surface area contributed by atoms with Gasteiger partial charge >= 0.3 is 0 Å². The fraction of sp³-hybridized carbons (Fsp3) is 0.368. The molecule has 0 saturated heterocycles. The van der Waals surface area contributed by atoms with E-state index in [1.807, 2.05) is 0 Å². The normalized spacial score (nSPS) is 27.2. The van der Waals surface area contributed by atoms with Crippen molar-refractivity contribution in [1.29, 1.82) is 0 Å². The van der Waals surface area contributed by atoms with Gasteiger partial charge in [0.05, 0.1) is 0 Å². The third-order valence-corrected chi connectivity index (χ3v) is 5.11. The van der Waals surface area contributed by atoms with Crippen LogP contribution in [-0.4, -0.2) is 16.1 Å². The minimum absolute atomic E-state index is 0.0758. The lowest BCUT2D eigenvalue weighted by atomic mass is 9.79. The Balaban J connectivity index is 1.83. The van der Waals surface area contributed by atoms with Crippen molar-refractivity contribution in [2.24, 2.45) is 5.92 Å². The molecule has 0 aromatic heterocycles. The molecule has 2 aromatic rings. The topological polar surface area (TPSA) is 49.7 Å². The smallest absolute Gasteiger partial charge is 0.249 e. The van der Waals surface area contributed by atoms with E-state index in [0.717, 1.165) is 11.1 Å². The van der Waals surface area contributed by atoms with Crippen LogP contribution in [0.15, 0.2) is 36.4 Å². The summed E-state index contributed by atoms with van der Waals surface area (Å²) in [4.78, 5) is 0. The second kappa shape index (κ2) is 5.10. The maximum atomic E-state index is 14.1. The number of fused-ring (bicyclic) bond motifs is 3. The van der Waals surface area contributed by atoms with Crippen molar-refractivity contribution >= 4 is 0 Å². The third-order valence-electron chi connectivity index (χ3n) is 5.11. The highest BCUT2D eigenvalue weighted by Crippen LogP contribution is 2.59. The number of benzene rings is 2. The fourth-order valence-corrected chi connectivity index (χ4v) is 4.11. The van der Waals surface area contributed by atoms with Gasteiger partial charge in [-0.2, -0.15) is 0 Å². The maximum Gasteiger partial charge on any atom is 0.249 e. The number of hydrogen-bond donors (Lipinski definition) is 2. The standard InChI is InChI=1S/C19H18F2O3/c1-10-6-13(23)7-14-15-8-19(20,21)9-16(15)18(24-17(10)14)11-2-4-12(22)5-3-11/h2-7,15-16,18,22-23H,8-9H2,1H3/t15?,16-,18?/m1/s1. The number of phenols is 2. The first-order chi connectivity index (χ1) is 11.3. The van der Waals surface area contributed by atoms with E-state index >= 15 is 0 Å². The van der Waals surface area contributed by atoms with Crippen molar-refractivity contribution in [2.45, 2.75) is 37.7 Å². The molecule has 24 heavy (non-hydrogen) atoms. The van der Waals surface area contributed by atoms with Crippen molar-refractivity contribution in [2.75, 3.05) is 0 Å². The van der Waals surface area contributed by atoms with Crippen LogP contribution in [0.3, 0.4) is 0 Å². The molecule has 3 nitrogen and oxygen atoms in total. The van der Waals surface area contributed by atoms with Gasteiger partial charge in [-0.25, -0.2) is 8.78 Å². The van der Waals surface area contributed by atoms with Gasteiger partial charge in [0.25, 0.3) is 0 Å². The maximum absolute atomic E-state index is 14.1. The van der Waals surface area contributed by atoms with Crippen LogP contribution in [0.5, 0.6) is 17.2 Å². The summed E-state index contributed by atoms with van der Waals surface area (Å²) in [5.41, 5.74) is 2.19. The predicted octanol–water partition coefficient (Wildman–Crippen LogP) is 4.67. The van der Waals surface area contributed by atoms with Gasteiger partial charge in [-0.3, -0.25) is 0 Å². The Kier molecular flexibility index (Phi) is 3.24. The van der Waals surface area contributed by atoms with Crippen molar-refractivity contribution < 1.29 is 23.7 Å². The van der Waals surface area contributed by atoms with Crippen LogP contribution in [0, 0.1) is 12.8 Å². The van der Waals surface area contributed by atoms with E-state index in [-0.39, 0.29) is 36.2 Å². The molecule has 4 rings (SSSR count). The number of rotatable bonds is 1. The monoisotopic (exact) mass is 332 g/mol.